The van der Waals surface area contributed by atoms with Gasteiger partial charge >= 0.3 is 0 Å². The fourth-order valence-corrected chi connectivity index (χ4v) is 5.51. The van der Waals surface area contributed by atoms with Gasteiger partial charge in [0.1, 0.15) is 24.2 Å². The van der Waals surface area contributed by atoms with Gasteiger partial charge in [0.15, 0.2) is 0 Å². The van der Waals surface area contributed by atoms with Crippen LogP contribution in [0, 0.1) is 0 Å². The van der Waals surface area contributed by atoms with Crippen molar-refractivity contribution >= 4 is 17.5 Å². The normalized spacial score (nSPS) is 13.2. The third kappa shape index (κ3) is 7.93. The van der Waals surface area contributed by atoms with E-state index < -0.39 is 0 Å². The number of benzene rings is 5. The summed E-state index contributed by atoms with van der Waals surface area (Å²) in [5, 5.41) is 2.94. The quantitative estimate of drug-likeness (QED) is 0.164. The summed E-state index contributed by atoms with van der Waals surface area (Å²) >= 11 is 0. The molecular weight excluding hydrogens is 574 g/mol. The molecule has 1 heterocycles. The zero-order chi connectivity index (χ0) is 31.7. The molecule has 0 aliphatic carbocycles. The van der Waals surface area contributed by atoms with Gasteiger partial charge in [-0.1, -0.05) is 66.7 Å². The lowest BCUT2D eigenvalue weighted by molar-refractivity contribution is 0.0595. The van der Waals surface area contributed by atoms with Crippen LogP contribution in [0.3, 0.4) is 0 Å². The molecule has 0 unspecified atom stereocenters. The molecule has 0 saturated carbocycles. The highest BCUT2D eigenvalue weighted by Gasteiger charge is 2.24. The van der Waals surface area contributed by atoms with Gasteiger partial charge in [-0.05, 0) is 82.9 Å². The minimum atomic E-state index is -0.130. The molecule has 232 valence electrons. The third-order valence-corrected chi connectivity index (χ3v) is 8.12. The number of nitrogens with zero attached hydrogens (tertiary/aromatic N) is 1. The van der Waals surface area contributed by atoms with Crippen LogP contribution in [-0.4, -0.2) is 35.9 Å². The average Bonchev–Trinajstić information content (AvgIpc) is 3.11. The highest BCUT2D eigenvalue weighted by molar-refractivity contribution is 5.95. The van der Waals surface area contributed by atoms with Crippen molar-refractivity contribution in [1.82, 2.24) is 10.2 Å². The van der Waals surface area contributed by atoms with E-state index in [4.69, 9.17) is 15.2 Å². The van der Waals surface area contributed by atoms with Crippen LogP contribution in [0.1, 0.15) is 44.7 Å². The summed E-state index contributed by atoms with van der Waals surface area (Å²) in [5.41, 5.74) is 11.9. The first-order valence-corrected chi connectivity index (χ1v) is 15.6. The topological polar surface area (TPSA) is 93.9 Å². The van der Waals surface area contributed by atoms with E-state index in [2.05, 4.69) is 5.32 Å². The van der Waals surface area contributed by atoms with Crippen molar-refractivity contribution < 1.29 is 19.1 Å². The van der Waals surface area contributed by atoms with E-state index in [0.717, 1.165) is 52.2 Å². The predicted molar refractivity (Wildman–Crippen MR) is 181 cm³/mol. The fourth-order valence-electron chi connectivity index (χ4n) is 5.51. The van der Waals surface area contributed by atoms with Gasteiger partial charge in [0.2, 0.25) is 0 Å². The van der Waals surface area contributed by atoms with Gasteiger partial charge in [0, 0.05) is 49.3 Å². The van der Waals surface area contributed by atoms with Gasteiger partial charge in [0.05, 0.1) is 0 Å². The number of piperidine rings is 1. The maximum atomic E-state index is 12.7. The van der Waals surface area contributed by atoms with Crippen LogP contribution in [0.15, 0.2) is 127 Å². The molecule has 2 amide bonds. The molecule has 6 rings (SSSR count). The van der Waals surface area contributed by atoms with E-state index in [1.165, 1.54) is 0 Å². The molecule has 1 aliphatic rings. The van der Waals surface area contributed by atoms with Gasteiger partial charge in [0.25, 0.3) is 11.8 Å². The SMILES string of the molecule is Nc1cccc(CNC(=O)c2ccc(-c3ccc(OCc4ccc(OC5CCN(C(=O)c6ccccc6)CC5)cc4)cc3)cc2)c1. The number of carbonyl (C=O) groups is 2. The predicted octanol–water partition coefficient (Wildman–Crippen LogP) is 7.13. The van der Waals surface area contributed by atoms with Crippen LogP contribution >= 0.6 is 0 Å². The second kappa shape index (κ2) is 14.5. The van der Waals surface area contributed by atoms with Crippen LogP contribution < -0.4 is 20.5 Å². The van der Waals surface area contributed by atoms with Crippen LogP contribution in [0.2, 0.25) is 0 Å². The molecular formula is C39H37N3O4. The van der Waals surface area contributed by atoms with Gasteiger partial charge in [-0.2, -0.15) is 0 Å². The molecule has 7 heteroatoms. The number of likely N-dealkylation sites (tertiary alicyclic amines) is 1. The van der Waals surface area contributed by atoms with Crippen molar-refractivity contribution in [3.63, 3.8) is 0 Å². The maximum Gasteiger partial charge on any atom is 0.253 e. The van der Waals surface area contributed by atoms with Crippen molar-refractivity contribution in [2.45, 2.75) is 32.1 Å². The summed E-state index contributed by atoms with van der Waals surface area (Å²) in [6.45, 7) is 2.25. The molecule has 46 heavy (non-hydrogen) atoms. The Morgan fingerprint density at radius 2 is 1.35 bits per heavy atom. The Kier molecular flexibility index (Phi) is 9.59. The second-order valence-electron chi connectivity index (χ2n) is 11.4. The van der Waals surface area contributed by atoms with E-state index >= 15 is 0 Å². The first-order valence-electron chi connectivity index (χ1n) is 15.6. The number of rotatable bonds is 10. The number of ether oxygens (including phenoxy) is 2. The van der Waals surface area contributed by atoms with E-state index in [1.54, 1.807) is 0 Å². The fraction of sp³-hybridized carbons (Fsp3) is 0.179. The van der Waals surface area contributed by atoms with Gasteiger partial charge in [-0.3, -0.25) is 9.59 Å². The summed E-state index contributed by atoms with van der Waals surface area (Å²) in [4.78, 5) is 27.2. The number of carbonyl (C=O) groups excluding carboxylic acids is 2. The van der Waals surface area contributed by atoms with Crippen LogP contribution in [0.25, 0.3) is 11.1 Å². The lowest BCUT2D eigenvalue weighted by Crippen LogP contribution is -2.41. The molecule has 0 bridgehead atoms. The maximum absolute atomic E-state index is 12.7. The monoisotopic (exact) mass is 611 g/mol. The smallest absolute Gasteiger partial charge is 0.253 e. The molecule has 5 aromatic rings. The molecule has 0 radical (unpaired) electrons. The Labute approximate surface area is 269 Å². The average molecular weight is 612 g/mol. The molecule has 1 aliphatic heterocycles. The number of nitrogens with one attached hydrogen (secondary N) is 1. The van der Waals surface area contributed by atoms with Crippen LogP contribution in [0.5, 0.6) is 11.5 Å². The van der Waals surface area contributed by atoms with Crippen molar-refractivity contribution in [2.75, 3.05) is 18.8 Å². The Hall–Kier alpha value is -5.56. The Balaban J connectivity index is 0.940. The van der Waals surface area contributed by atoms with Crippen molar-refractivity contribution in [3.8, 4) is 22.6 Å². The Morgan fingerprint density at radius 1 is 0.696 bits per heavy atom. The number of hydrogen-bond acceptors (Lipinski definition) is 5. The molecule has 3 N–H and O–H groups in total. The summed E-state index contributed by atoms with van der Waals surface area (Å²) in [6.07, 6.45) is 1.71. The molecule has 0 spiro atoms. The summed E-state index contributed by atoms with van der Waals surface area (Å²) in [7, 11) is 0. The summed E-state index contributed by atoms with van der Waals surface area (Å²) in [6, 6.07) is 40.4. The van der Waals surface area contributed by atoms with E-state index in [-0.39, 0.29) is 17.9 Å². The van der Waals surface area contributed by atoms with Crippen molar-refractivity contribution in [2.24, 2.45) is 0 Å². The third-order valence-electron chi connectivity index (χ3n) is 8.12. The molecule has 7 nitrogen and oxygen atoms in total. The first-order chi connectivity index (χ1) is 22.5. The van der Waals surface area contributed by atoms with Gasteiger partial charge < -0.3 is 25.4 Å². The minimum absolute atomic E-state index is 0.0833. The largest absolute Gasteiger partial charge is 0.490 e. The molecule has 5 aromatic carbocycles. The molecule has 0 aromatic heterocycles. The first kappa shape index (κ1) is 30.5. The Bertz CT molecular complexity index is 1750. The lowest BCUT2D eigenvalue weighted by Gasteiger charge is -2.32. The zero-order valence-corrected chi connectivity index (χ0v) is 25.6. The Morgan fingerprint density at radius 3 is 2.02 bits per heavy atom. The number of nitrogens with two attached hydrogens (primary N) is 1. The van der Waals surface area contributed by atoms with E-state index in [9.17, 15) is 9.59 Å². The highest BCUT2D eigenvalue weighted by Crippen LogP contribution is 2.25. The van der Waals surface area contributed by atoms with E-state index in [1.807, 2.05) is 132 Å². The summed E-state index contributed by atoms with van der Waals surface area (Å²) < 4.78 is 12.2. The van der Waals surface area contributed by atoms with Gasteiger partial charge in [-0.25, -0.2) is 0 Å². The minimum Gasteiger partial charge on any atom is -0.490 e. The number of hydrogen-bond donors (Lipinski definition) is 2. The van der Waals surface area contributed by atoms with Crippen LogP contribution in [-0.2, 0) is 13.2 Å². The number of nitrogen functional groups attached to an aromatic ring is 1. The zero-order valence-electron chi connectivity index (χ0n) is 25.6. The molecule has 0 atom stereocenters. The number of anilines is 1. The van der Waals surface area contributed by atoms with Crippen LogP contribution in [0.4, 0.5) is 5.69 Å². The second-order valence-corrected chi connectivity index (χ2v) is 11.4. The standard InChI is InChI=1S/C39H37N3O4/c40-34-8-4-5-29(25-34)26-41-38(43)32-13-11-30(12-14-32)31-15-19-35(20-16-31)45-27-28-9-17-36(18-10-28)46-37-21-23-42(24-22-37)39(44)33-6-2-1-3-7-33/h1-20,25,37H,21-24,26-27,40H2,(H,41,43). The lowest BCUT2D eigenvalue weighted by atomic mass is 10.0. The summed E-state index contributed by atoms with van der Waals surface area (Å²) in [5.74, 6) is 1.55. The van der Waals surface area contributed by atoms with E-state index in [0.29, 0.717) is 37.5 Å². The number of amides is 2. The molecule has 1 fully saturated rings. The van der Waals surface area contributed by atoms with Crippen molar-refractivity contribution in [1.29, 1.82) is 0 Å². The van der Waals surface area contributed by atoms with Gasteiger partial charge in [-0.15, -0.1) is 0 Å². The molecule has 1 saturated heterocycles. The van der Waals surface area contributed by atoms with Crippen molar-refractivity contribution in [3.05, 3.63) is 150 Å². The highest BCUT2D eigenvalue weighted by atomic mass is 16.5.